The van der Waals surface area contributed by atoms with Gasteiger partial charge in [-0.25, -0.2) is 0 Å². The number of allylic oxidation sites excluding steroid dienone is 3. The van der Waals surface area contributed by atoms with Gasteiger partial charge in [0.1, 0.15) is 0 Å². The summed E-state index contributed by atoms with van der Waals surface area (Å²) >= 11 is 0. The lowest BCUT2D eigenvalue weighted by Gasteiger charge is -2.60. The monoisotopic (exact) mass is 777 g/mol. The molecule has 0 aliphatic heterocycles. The van der Waals surface area contributed by atoms with Gasteiger partial charge in [0.05, 0.1) is 0 Å². The molecule has 0 atom stereocenters. The number of rotatable bonds is 4. The lowest BCUT2D eigenvalue weighted by Crippen LogP contribution is -2.51. The van der Waals surface area contributed by atoms with Gasteiger partial charge in [-0.2, -0.15) is 0 Å². The first-order chi connectivity index (χ1) is 28.3. The first-order valence-corrected chi connectivity index (χ1v) is 26.9. The molecule has 0 amide bonds. The fraction of sp³-hybridized carbons (Fsp3) is 0.825. The molecule has 320 valence electrons. The van der Waals surface area contributed by atoms with Crippen molar-refractivity contribution in [3.63, 3.8) is 0 Å². The van der Waals surface area contributed by atoms with Crippen LogP contribution in [0.4, 0.5) is 0 Å². The van der Waals surface area contributed by atoms with E-state index in [4.69, 9.17) is 0 Å². The molecule has 57 heavy (non-hydrogen) atoms. The summed E-state index contributed by atoms with van der Waals surface area (Å²) in [6.45, 7) is 0. The first kappa shape index (κ1) is 43.8. The van der Waals surface area contributed by atoms with Gasteiger partial charge in [-0.1, -0.05) is 236 Å². The van der Waals surface area contributed by atoms with Crippen LogP contribution in [0.3, 0.4) is 0 Å². The van der Waals surface area contributed by atoms with Crippen LogP contribution in [0.1, 0.15) is 274 Å². The summed E-state index contributed by atoms with van der Waals surface area (Å²) in [7, 11) is 0. The van der Waals surface area contributed by atoms with Crippen molar-refractivity contribution in [2.45, 2.75) is 263 Å². The molecule has 0 N–H and O–H groups in total. The maximum Gasteiger partial charge on any atom is 0.00242 e. The Balaban J connectivity index is 1.43. The largest absolute Gasteiger partial charge is 0.0695 e. The number of hydrogen-bond donors (Lipinski definition) is 0. The van der Waals surface area contributed by atoms with Gasteiger partial charge in [0.2, 0.25) is 0 Å². The van der Waals surface area contributed by atoms with E-state index in [0.717, 1.165) is 23.7 Å². The van der Waals surface area contributed by atoms with Crippen molar-refractivity contribution in [3.05, 3.63) is 47.0 Å². The molecule has 6 aliphatic rings. The molecule has 0 spiro atoms. The summed E-state index contributed by atoms with van der Waals surface area (Å²) in [5.41, 5.74) is 7.57. The highest BCUT2D eigenvalue weighted by molar-refractivity contribution is 5.97. The van der Waals surface area contributed by atoms with Crippen LogP contribution >= 0.6 is 0 Å². The average Bonchev–Trinajstić information content (AvgIpc) is 3.49. The molecule has 0 unspecified atom stereocenters. The van der Waals surface area contributed by atoms with E-state index < -0.39 is 0 Å². The number of benzene rings is 1. The van der Waals surface area contributed by atoms with Crippen molar-refractivity contribution < 1.29 is 0 Å². The van der Waals surface area contributed by atoms with Crippen LogP contribution in [-0.4, -0.2) is 0 Å². The van der Waals surface area contributed by atoms with Crippen LogP contribution in [0.2, 0.25) is 0 Å². The third kappa shape index (κ3) is 11.5. The lowest BCUT2D eigenvalue weighted by atomic mass is 9.44. The van der Waals surface area contributed by atoms with Crippen LogP contribution in [0.25, 0.3) is 11.6 Å². The molecule has 0 aromatic heterocycles. The predicted octanol–water partition coefficient (Wildman–Crippen LogP) is 19.0. The summed E-state index contributed by atoms with van der Waals surface area (Å²) in [5, 5.41) is 0. The van der Waals surface area contributed by atoms with E-state index in [1.165, 1.54) is 263 Å². The first-order valence-electron chi connectivity index (χ1n) is 26.9. The minimum atomic E-state index is 0.323. The summed E-state index contributed by atoms with van der Waals surface area (Å²) in [4.78, 5) is 0. The van der Waals surface area contributed by atoms with E-state index in [0.29, 0.717) is 10.8 Å². The second-order valence-corrected chi connectivity index (χ2v) is 21.4. The smallest absolute Gasteiger partial charge is 0.00242 e. The van der Waals surface area contributed by atoms with Crippen LogP contribution in [0, 0.1) is 34.5 Å². The van der Waals surface area contributed by atoms with Gasteiger partial charge < -0.3 is 0 Å². The fourth-order valence-electron chi connectivity index (χ4n) is 14.7. The summed E-state index contributed by atoms with van der Waals surface area (Å²) in [5.74, 6) is 3.41. The van der Waals surface area contributed by atoms with Gasteiger partial charge >= 0.3 is 0 Å². The normalized spacial score (nSPS) is 27.4. The zero-order chi connectivity index (χ0) is 38.9. The fourth-order valence-corrected chi connectivity index (χ4v) is 14.7. The molecule has 0 nitrogen and oxygen atoms in total. The molecule has 0 bridgehead atoms. The molecule has 0 heterocycles. The molecule has 4 saturated carbocycles. The predicted molar refractivity (Wildman–Crippen MR) is 251 cm³/mol. The van der Waals surface area contributed by atoms with Crippen molar-refractivity contribution in [3.8, 4) is 0 Å². The minimum absolute atomic E-state index is 0.323. The second-order valence-electron chi connectivity index (χ2n) is 21.4. The Morgan fingerprint density at radius 2 is 0.632 bits per heavy atom. The quantitative estimate of drug-likeness (QED) is 0.286. The highest BCUT2D eigenvalue weighted by Gasteiger charge is 2.59. The summed E-state index contributed by atoms with van der Waals surface area (Å²) in [6.07, 6.45) is 67.1. The molecule has 7 rings (SSSR count). The van der Waals surface area contributed by atoms with Crippen molar-refractivity contribution in [1.29, 1.82) is 0 Å². The van der Waals surface area contributed by atoms with Crippen LogP contribution in [0.15, 0.2) is 35.9 Å². The SMILES string of the molecule is C1=C2C(=Cc3ccccc32)C(C2CCCCCCCCCC2)(C2CCCCCCCCCC2)CC1(C1CCCCCCCCCC1)C1CCCCCCCCCC1. The van der Waals surface area contributed by atoms with Crippen molar-refractivity contribution >= 4 is 11.6 Å². The molecule has 0 radical (unpaired) electrons. The Morgan fingerprint density at radius 3 is 0.982 bits per heavy atom. The Hall–Kier alpha value is -1.30. The molecule has 1 aromatic carbocycles. The number of fused-ring (bicyclic) bond motifs is 3. The van der Waals surface area contributed by atoms with Crippen LogP contribution in [-0.2, 0) is 0 Å². The van der Waals surface area contributed by atoms with Gasteiger partial charge in [0, 0.05) is 5.41 Å². The second kappa shape index (κ2) is 23.6. The van der Waals surface area contributed by atoms with Crippen LogP contribution < -0.4 is 0 Å². The van der Waals surface area contributed by atoms with Crippen molar-refractivity contribution in [2.24, 2.45) is 34.5 Å². The molecule has 0 heteroatoms. The molecule has 0 saturated heterocycles. The molecular weight excluding hydrogens is 685 g/mol. The molecule has 1 aromatic rings. The van der Waals surface area contributed by atoms with E-state index in [2.05, 4.69) is 36.4 Å². The van der Waals surface area contributed by atoms with Gasteiger partial charge in [-0.3, -0.25) is 0 Å². The maximum absolute atomic E-state index is 3.17. The Kier molecular flexibility index (Phi) is 18.1. The standard InChI is InChI=1S/C57H92/c1-2-10-18-26-37-49(36-25-17-9-1)56(50-38-27-19-11-3-4-12-20-28-39-50)46-54-53-44-34-33-35-48(53)45-55(54)57(47-56,51-40-29-21-13-5-6-14-22-30-41-51)52-42-31-23-15-7-8-16-24-32-43-52/h33-35,44-46,49-52H,1-32,36-43,47H2. The molecular formula is C57H92. The van der Waals surface area contributed by atoms with E-state index in [-0.39, 0.29) is 0 Å². The third-order valence-electron chi connectivity index (χ3n) is 17.8. The van der Waals surface area contributed by atoms with Crippen molar-refractivity contribution in [2.75, 3.05) is 0 Å². The zero-order valence-corrected chi connectivity index (χ0v) is 37.8. The Labute approximate surface area is 355 Å². The summed E-state index contributed by atoms with van der Waals surface area (Å²) < 4.78 is 0. The van der Waals surface area contributed by atoms with Gasteiger partial charge in [-0.05, 0) is 115 Å². The average molecular weight is 777 g/mol. The zero-order valence-electron chi connectivity index (χ0n) is 37.8. The molecule has 6 aliphatic carbocycles. The van der Waals surface area contributed by atoms with E-state index in [1.54, 1.807) is 16.7 Å². The van der Waals surface area contributed by atoms with Crippen LogP contribution in [0.5, 0.6) is 0 Å². The number of hydrogen-bond acceptors (Lipinski definition) is 0. The Bertz CT molecular complexity index is 1240. The van der Waals surface area contributed by atoms with E-state index in [9.17, 15) is 0 Å². The van der Waals surface area contributed by atoms with Crippen molar-refractivity contribution in [1.82, 2.24) is 0 Å². The van der Waals surface area contributed by atoms with Gasteiger partial charge in [0.15, 0.2) is 0 Å². The van der Waals surface area contributed by atoms with E-state index in [1.807, 2.05) is 5.57 Å². The maximum atomic E-state index is 3.17. The van der Waals surface area contributed by atoms with Gasteiger partial charge in [-0.15, -0.1) is 0 Å². The minimum Gasteiger partial charge on any atom is -0.0695 e. The third-order valence-corrected chi connectivity index (χ3v) is 17.8. The Morgan fingerprint density at radius 1 is 0.333 bits per heavy atom. The van der Waals surface area contributed by atoms with Gasteiger partial charge in [0.25, 0.3) is 0 Å². The van der Waals surface area contributed by atoms with E-state index >= 15 is 0 Å². The lowest BCUT2D eigenvalue weighted by molar-refractivity contribution is -0.0263. The highest BCUT2D eigenvalue weighted by atomic mass is 14.6. The highest BCUT2D eigenvalue weighted by Crippen LogP contribution is 2.69. The summed E-state index contributed by atoms with van der Waals surface area (Å²) in [6, 6.07) is 9.91. The topological polar surface area (TPSA) is 0 Å². The molecule has 4 fully saturated rings.